The molecule has 0 saturated carbocycles. The van der Waals surface area contributed by atoms with Crippen molar-refractivity contribution in [3.05, 3.63) is 0 Å². The van der Waals surface area contributed by atoms with E-state index in [1.165, 1.54) is 6.42 Å². The standard InChI is InChI=1S/C12H21NO3/c14-11(12-9-13-6-8-16-12)5-1-3-10-4-2-7-15-10/h10,12-13H,1-9H2. The van der Waals surface area contributed by atoms with Crippen LogP contribution in [0.2, 0.25) is 0 Å². The predicted octanol–water partition coefficient (Wildman–Crippen LogP) is 0.893. The Morgan fingerprint density at radius 2 is 2.25 bits per heavy atom. The lowest BCUT2D eigenvalue weighted by Gasteiger charge is -2.22. The number of ether oxygens (including phenoxy) is 2. The fourth-order valence-corrected chi connectivity index (χ4v) is 2.31. The molecule has 4 nitrogen and oxygen atoms in total. The first-order chi connectivity index (χ1) is 7.86. The zero-order valence-electron chi connectivity index (χ0n) is 9.74. The average Bonchev–Trinajstić information content (AvgIpc) is 2.83. The second-order valence-corrected chi connectivity index (χ2v) is 4.56. The molecule has 4 heteroatoms. The largest absolute Gasteiger partial charge is 0.378 e. The average molecular weight is 227 g/mol. The summed E-state index contributed by atoms with van der Waals surface area (Å²) in [7, 11) is 0. The van der Waals surface area contributed by atoms with E-state index in [1.807, 2.05) is 0 Å². The molecule has 0 amide bonds. The van der Waals surface area contributed by atoms with Gasteiger partial charge in [-0.25, -0.2) is 0 Å². The summed E-state index contributed by atoms with van der Waals surface area (Å²) in [6.07, 6.45) is 5.11. The number of hydrogen-bond acceptors (Lipinski definition) is 4. The van der Waals surface area contributed by atoms with Crippen molar-refractivity contribution in [2.24, 2.45) is 0 Å². The van der Waals surface area contributed by atoms with Crippen molar-refractivity contribution in [1.82, 2.24) is 5.32 Å². The van der Waals surface area contributed by atoms with Gasteiger partial charge in [0, 0.05) is 26.1 Å². The van der Waals surface area contributed by atoms with E-state index in [2.05, 4.69) is 5.32 Å². The smallest absolute Gasteiger partial charge is 0.162 e. The molecule has 2 fully saturated rings. The summed E-state index contributed by atoms with van der Waals surface area (Å²) >= 11 is 0. The normalized spacial score (nSPS) is 30.5. The van der Waals surface area contributed by atoms with Gasteiger partial charge in [-0.2, -0.15) is 0 Å². The summed E-state index contributed by atoms with van der Waals surface area (Å²) in [5.74, 6) is 0.241. The van der Waals surface area contributed by atoms with E-state index in [4.69, 9.17) is 9.47 Å². The van der Waals surface area contributed by atoms with Crippen molar-refractivity contribution < 1.29 is 14.3 Å². The number of carbonyl (C=O) groups is 1. The van der Waals surface area contributed by atoms with Crippen LogP contribution < -0.4 is 5.32 Å². The second-order valence-electron chi connectivity index (χ2n) is 4.56. The number of Topliss-reactive ketones (excluding diaryl/α,β-unsaturated/α-hetero) is 1. The summed E-state index contributed by atoms with van der Waals surface area (Å²) in [5.41, 5.74) is 0. The van der Waals surface area contributed by atoms with E-state index < -0.39 is 0 Å². The molecule has 0 spiro atoms. The molecule has 2 saturated heterocycles. The van der Waals surface area contributed by atoms with Gasteiger partial charge in [0.25, 0.3) is 0 Å². The Balaban J connectivity index is 1.59. The van der Waals surface area contributed by atoms with Gasteiger partial charge in [0.05, 0.1) is 12.7 Å². The monoisotopic (exact) mass is 227 g/mol. The van der Waals surface area contributed by atoms with Gasteiger partial charge in [-0.15, -0.1) is 0 Å². The van der Waals surface area contributed by atoms with Crippen molar-refractivity contribution in [2.45, 2.75) is 44.3 Å². The minimum atomic E-state index is -0.210. The number of carbonyl (C=O) groups excluding carboxylic acids is 1. The maximum absolute atomic E-state index is 11.8. The molecule has 92 valence electrons. The van der Waals surface area contributed by atoms with Gasteiger partial charge in [-0.05, 0) is 25.7 Å². The third-order valence-corrected chi connectivity index (χ3v) is 3.26. The van der Waals surface area contributed by atoms with Crippen molar-refractivity contribution in [1.29, 1.82) is 0 Å². The summed E-state index contributed by atoms with van der Waals surface area (Å²) in [6.45, 7) is 3.09. The van der Waals surface area contributed by atoms with Crippen LogP contribution in [-0.2, 0) is 14.3 Å². The number of rotatable bonds is 5. The molecular formula is C12H21NO3. The highest BCUT2D eigenvalue weighted by Crippen LogP contribution is 2.18. The topological polar surface area (TPSA) is 47.6 Å². The molecule has 0 aromatic rings. The van der Waals surface area contributed by atoms with Gasteiger partial charge in [-0.3, -0.25) is 4.79 Å². The van der Waals surface area contributed by atoms with E-state index in [0.717, 1.165) is 32.4 Å². The highest BCUT2D eigenvalue weighted by atomic mass is 16.5. The molecule has 0 radical (unpaired) electrons. The van der Waals surface area contributed by atoms with Crippen molar-refractivity contribution in [3.8, 4) is 0 Å². The third-order valence-electron chi connectivity index (χ3n) is 3.26. The molecule has 1 N–H and O–H groups in total. The van der Waals surface area contributed by atoms with Crippen LogP contribution in [0.25, 0.3) is 0 Å². The Morgan fingerprint density at radius 1 is 1.31 bits per heavy atom. The van der Waals surface area contributed by atoms with Crippen LogP contribution in [-0.4, -0.2) is 44.3 Å². The van der Waals surface area contributed by atoms with E-state index in [1.54, 1.807) is 0 Å². The van der Waals surface area contributed by atoms with Gasteiger partial charge in [0.1, 0.15) is 6.10 Å². The molecule has 2 atom stereocenters. The van der Waals surface area contributed by atoms with Crippen molar-refractivity contribution in [2.75, 3.05) is 26.3 Å². The summed E-state index contributed by atoms with van der Waals surface area (Å²) in [4.78, 5) is 11.8. The van der Waals surface area contributed by atoms with Gasteiger partial charge < -0.3 is 14.8 Å². The van der Waals surface area contributed by atoms with Crippen LogP contribution in [0.1, 0.15) is 32.1 Å². The van der Waals surface area contributed by atoms with Crippen LogP contribution >= 0.6 is 0 Å². The van der Waals surface area contributed by atoms with Gasteiger partial charge in [0.15, 0.2) is 5.78 Å². The zero-order chi connectivity index (χ0) is 11.2. The minimum Gasteiger partial charge on any atom is -0.378 e. The number of nitrogens with one attached hydrogen (secondary N) is 1. The molecule has 16 heavy (non-hydrogen) atoms. The first kappa shape index (κ1) is 12.0. The molecule has 2 unspecified atom stereocenters. The Hall–Kier alpha value is -0.450. The van der Waals surface area contributed by atoms with E-state index in [9.17, 15) is 4.79 Å². The van der Waals surface area contributed by atoms with Crippen LogP contribution in [0.3, 0.4) is 0 Å². The highest BCUT2D eigenvalue weighted by Gasteiger charge is 2.22. The molecule has 2 aliphatic rings. The summed E-state index contributed by atoms with van der Waals surface area (Å²) in [5, 5.41) is 3.18. The van der Waals surface area contributed by atoms with Gasteiger partial charge >= 0.3 is 0 Å². The number of ketones is 1. The minimum absolute atomic E-state index is 0.210. The molecule has 2 heterocycles. The SMILES string of the molecule is O=C(CCCC1CCCO1)C1CNCCO1. The summed E-state index contributed by atoms with van der Waals surface area (Å²) in [6, 6.07) is 0. The van der Waals surface area contributed by atoms with Gasteiger partial charge in [-0.1, -0.05) is 0 Å². The second kappa shape index (κ2) is 6.33. The molecule has 2 aliphatic heterocycles. The quantitative estimate of drug-likeness (QED) is 0.758. The molecule has 0 aromatic carbocycles. The molecule has 2 rings (SSSR count). The van der Waals surface area contributed by atoms with E-state index >= 15 is 0 Å². The lowest BCUT2D eigenvalue weighted by atomic mass is 10.0. The first-order valence-electron chi connectivity index (χ1n) is 6.33. The van der Waals surface area contributed by atoms with Crippen molar-refractivity contribution >= 4 is 5.78 Å². The third kappa shape index (κ3) is 3.54. The predicted molar refractivity (Wildman–Crippen MR) is 60.4 cm³/mol. The Morgan fingerprint density at radius 3 is 2.94 bits per heavy atom. The fraction of sp³-hybridized carbons (Fsp3) is 0.917. The maximum atomic E-state index is 11.8. The van der Waals surface area contributed by atoms with Crippen LogP contribution in [0, 0.1) is 0 Å². The van der Waals surface area contributed by atoms with E-state index in [-0.39, 0.29) is 11.9 Å². The van der Waals surface area contributed by atoms with Gasteiger partial charge in [0.2, 0.25) is 0 Å². The van der Waals surface area contributed by atoms with Crippen LogP contribution in [0.5, 0.6) is 0 Å². The summed E-state index contributed by atoms with van der Waals surface area (Å²) < 4.78 is 10.9. The van der Waals surface area contributed by atoms with Crippen LogP contribution in [0.15, 0.2) is 0 Å². The highest BCUT2D eigenvalue weighted by molar-refractivity contribution is 5.83. The number of hydrogen-bond donors (Lipinski definition) is 1. The zero-order valence-corrected chi connectivity index (χ0v) is 9.74. The fourth-order valence-electron chi connectivity index (χ4n) is 2.31. The first-order valence-corrected chi connectivity index (χ1v) is 6.33. The van der Waals surface area contributed by atoms with Crippen LogP contribution in [0.4, 0.5) is 0 Å². The lowest BCUT2D eigenvalue weighted by Crippen LogP contribution is -2.43. The lowest BCUT2D eigenvalue weighted by molar-refractivity contribution is -0.132. The Kier molecular flexibility index (Phi) is 4.75. The Labute approximate surface area is 96.7 Å². The van der Waals surface area contributed by atoms with E-state index in [0.29, 0.717) is 25.7 Å². The molecule has 0 aliphatic carbocycles. The van der Waals surface area contributed by atoms with Crippen molar-refractivity contribution in [3.63, 3.8) is 0 Å². The molecule has 0 bridgehead atoms. The number of morpholine rings is 1. The maximum Gasteiger partial charge on any atom is 0.162 e. The Bertz CT molecular complexity index is 220. The molecular weight excluding hydrogens is 206 g/mol. The molecule has 0 aromatic heterocycles.